The Morgan fingerprint density at radius 1 is 1.04 bits per heavy atom. The maximum Gasteiger partial charge on any atom is 0.261 e. The summed E-state index contributed by atoms with van der Waals surface area (Å²) in [6.45, 7) is 3.48. The fourth-order valence-electron chi connectivity index (χ4n) is 2.88. The Kier molecular flexibility index (Phi) is 4.56. The van der Waals surface area contributed by atoms with Crippen LogP contribution in [0.5, 0.6) is 0 Å². The summed E-state index contributed by atoms with van der Waals surface area (Å²) in [5, 5.41) is 9.74. The lowest BCUT2D eigenvalue weighted by Crippen LogP contribution is -2.13. The quantitative estimate of drug-likeness (QED) is 0.523. The molecule has 2 aromatic carbocycles. The summed E-state index contributed by atoms with van der Waals surface area (Å²) in [5.74, 6) is 0.278. The van der Waals surface area contributed by atoms with Gasteiger partial charge in [-0.1, -0.05) is 47.6 Å². The van der Waals surface area contributed by atoms with E-state index in [-0.39, 0.29) is 5.91 Å². The number of hydrogen-bond acceptors (Lipinski definition) is 5. The number of carbonyl (C=O) groups is 1. The van der Waals surface area contributed by atoms with Crippen molar-refractivity contribution in [1.82, 2.24) is 10.1 Å². The van der Waals surface area contributed by atoms with Gasteiger partial charge in [0.1, 0.15) is 16.3 Å². The molecule has 2 heterocycles. The van der Waals surface area contributed by atoms with E-state index in [1.54, 1.807) is 25.2 Å². The minimum absolute atomic E-state index is 0.230. The Morgan fingerprint density at radius 2 is 1.81 bits per heavy atom. The number of aryl methyl sites for hydroxylation is 2. The molecule has 0 radical (unpaired) electrons. The third-order valence-electron chi connectivity index (χ3n) is 4.20. The van der Waals surface area contributed by atoms with Gasteiger partial charge in [-0.25, -0.2) is 4.98 Å². The summed E-state index contributed by atoms with van der Waals surface area (Å²) < 4.78 is 5.07. The molecule has 134 valence electrons. The minimum atomic E-state index is -0.230. The van der Waals surface area contributed by atoms with E-state index in [1.807, 2.05) is 60.0 Å². The van der Waals surface area contributed by atoms with E-state index in [2.05, 4.69) is 10.5 Å². The highest BCUT2D eigenvalue weighted by atomic mass is 32.1. The normalized spacial score (nSPS) is 10.7. The average Bonchev–Trinajstić information content (AvgIpc) is 3.30. The third-order valence-corrected chi connectivity index (χ3v) is 5.09. The first kappa shape index (κ1) is 17.2. The molecule has 0 bridgehead atoms. The van der Waals surface area contributed by atoms with Gasteiger partial charge in [-0.3, -0.25) is 4.79 Å². The zero-order valence-electron chi connectivity index (χ0n) is 14.9. The Balaban J connectivity index is 1.58. The number of nitrogens with zero attached hydrogens (tertiary/aromatic N) is 2. The fourth-order valence-corrected chi connectivity index (χ4v) is 3.71. The van der Waals surface area contributed by atoms with Crippen molar-refractivity contribution in [2.75, 3.05) is 5.32 Å². The third kappa shape index (κ3) is 3.52. The van der Waals surface area contributed by atoms with Crippen molar-refractivity contribution in [3.8, 4) is 21.8 Å². The van der Waals surface area contributed by atoms with Crippen molar-refractivity contribution in [2.24, 2.45) is 0 Å². The Hall–Kier alpha value is -3.25. The zero-order valence-corrected chi connectivity index (χ0v) is 15.7. The molecule has 0 fully saturated rings. The van der Waals surface area contributed by atoms with Gasteiger partial charge in [0.25, 0.3) is 5.91 Å². The van der Waals surface area contributed by atoms with Crippen molar-refractivity contribution >= 4 is 22.9 Å². The van der Waals surface area contributed by atoms with Crippen LogP contribution in [0.3, 0.4) is 0 Å². The van der Waals surface area contributed by atoms with Gasteiger partial charge in [-0.2, -0.15) is 0 Å². The molecule has 0 aliphatic carbocycles. The second-order valence-corrected chi connectivity index (χ2v) is 7.00. The van der Waals surface area contributed by atoms with Crippen molar-refractivity contribution in [1.29, 1.82) is 0 Å². The van der Waals surface area contributed by atoms with Crippen molar-refractivity contribution in [3.63, 3.8) is 0 Å². The topological polar surface area (TPSA) is 68.0 Å². The van der Waals surface area contributed by atoms with Gasteiger partial charge in [-0.15, -0.1) is 11.3 Å². The predicted molar refractivity (Wildman–Crippen MR) is 107 cm³/mol. The number of hydrogen-bond donors (Lipinski definition) is 1. The van der Waals surface area contributed by atoms with Crippen LogP contribution >= 0.6 is 11.3 Å². The Morgan fingerprint density at radius 3 is 2.56 bits per heavy atom. The number of aromatic nitrogens is 2. The molecule has 0 aliphatic heterocycles. The largest absolute Gasteiger partial charge is 0.361 e. The van der Waals surface area contributed by atoms with E-state index in [1.165, 1.54) is 0 Å². The lowest BCUT2D eigenvalue weighted by atomic mass is 10.1. The lowest BCUT2D eigenvalue weighted by molar-refractivity contribution is 0.102. The molecular formula is C21H17N3O2S. The number of thiazole rings is 1. The first-order chi connectivity index (χ1) is 13.1. The summed E-state index contributed by atoms with van der Waals surface area (Å²) >= 11 is 1.60. The van der Waals surface area contributed by atoms with Crippen LogP contribution in [0.2, 0.25) is 0 Å². The van der Waals surface area contributed by atoms with Gasteiger partial charge in [0.05, 0.1) is 11.4 Å². The van der Waals surface area contributed by atoms with Crippen LogP contribution in [0.25, 0.3) is 21.8 Å². The van der Waals surface area contributed by atoms with Crippen molar-refractivity contribution < 1.29 is 9.32 Å². The van der Waals surface area contributed by atoms with Gasteiger partial charge in [-0.05, 0) is 26.0 Å². The monoisotopic (exact) mass is 375 g/mol. The van der Waals surface area contributed by atoms with Crippen LogP contribution in [0.1, 0.15) is 21.8 Å². The summed E-state index contributed by atoms with van der Waals surface area (Å²) in [6, 6.07) is 17.7. The smallest absolute Gasteiger partial charge is 0.261 e. The van der Waals surface area contributed by atoms with Gasteiger partial charge in [0.15, 0.2) is 0 Å². The van der Waals surface area contributed by atoms with Gasteiger partial charge < -0.3 is 9.84 Å². The first-order valence-electron chi connectivity index (χ1n) is 8.47. The highest BCUT2D eigenvalue weighted by molar-refractivity contribution is 7.13. The van der Waals surface area contributed by atoms with Crippen LogP contribution in [-0.2, 0) is 0 Å². The first-order valence-corrected chi connectivity index (χ1v) is 9.35. The molecule has 1 N–H and O–H groups in total. The lowest BCUT2D eigenvalue weighted by Gasteiger charge is -2.06. The molecule has 0 spiro atoms. The average molecular weight is 375 g/mol. The second-order valence-electron chi connectivity index (χ2n) is 6.14. The molecule has 6 heteroatoms. The predicted octanol–water partition coefficient (Wildman–Crippen LogP) is 5.33. The second kappa shape index (κ2) is 7.17. The van der Waals surface area contributed by atoms with Crippen LogP contribution in [0.4, 0.5) is 5.69 Å². The van der Waals surface area contributed by atoms with Crippen molar-refractivity contribution in [3.05, 3.63) is 77.0 Å². The number of nitrogens with one attached hydrogen (secondary N) is 1. The standard InChI is InChI=1S/C21H17N3O2S/c1-13-19(14(2)26-24-13)20(25)22-17-10-6-9-16(11-17)18-12-27-21(23-18)15-7-4-3-5-8-15/h3-12H,1-2H3,(H,22,25). The maximum absolute atomic E-state index is 12.5. The molecule has 0 unspecified atom stereocenters. The number of rotatable bonds is 4. The number of carbonyl (C=O) groups excluding carboxylic acids is 1. The molecular weight excluding hydrogens is 358 g/mol. The molecule has 4 rings (SSSR count). The van der Waals surface area contributed by atoms with Crippen LogP contribution < -0.4 is 5.32 Å². The van der Waals surface area contributed by atoms with Crippen LogP contribution in [0.15, 0.2) is 64.5 Å². The molecule has 27 heavy (non-hydrogen) atoms. The van der Waals surface area contributed by atoms with Crippen molar-refractivity contribution in [2.45, 2.75) is 13.8 Å². The number of amides is 1. The van der Waals surface area contributed by atoms with E-state index >= 15 is 0 Å². The van der Waals surface area contributed by atoms with E-state index in [0.717, 1.165) is 21.8 Å². The summed E-state index contributed by atoms with van der Waals surface area (Å²) in [7, 11) is 0. The highest BCUT2D eigenvalue weighted by Crippen LogP contribution is 2.30. The van der Waals surface area contributed by atoms with Gasteiger partial charge >= 0.3 is 0 Å². The van der Waals surface area contributed by atoms with Crippen LogP contribution in [0, 0.1) is 13.8 Å². The molecule has 0 atom stereocenters. The van der Waals surface area contributed by atoms with E-state index in [9.17, 15) is 4.79 Å². The Labute approximate surface area is 160 Å². The van der Waals surface area contributed by atoms with Gasteiger partial charge in [0.2, 0.25) is 0 Å². The van der Waals surface area contributed by atoms with E-state index in [0.29, 0.717) is 22.7 Å². The summed E-state index contributed by atoms with van der Waals surface area (Å²) in [4.78, 5) is 17.3. The summed E-state index contributed by atoms with van der Waals surface area (Å²) in [5.41, 5.74) is 4.68. The van der Waals surface area contributed by atoms with Gasteiger partial charge in [0, 0.05) is 22.2 Å². The molecule has 1 amide bonds. The maximum atomic E-state index is 12.5. The fraction of sp³-hybridized carbons (Fsp3) is 0.0952. The molecule has 5 nitrogen and oxygen atoms in total. The molecule has 0 saturated carbocycles. The molecule has 0 aliphatic rings. The number of benzene rings is 2. The minimum Gasteiger partial charge on any atom is -0.361 e. The van der Waals surface area contributed by atoms with Crippen LogP contribution in [-0.4, -0.2) is 16.0 Å². The molecule has 0 saturated heterocycles. The van der Waals surface area contributed by atoms with E-state index in [4.69, 9.17) is 9.51 Å². The zero-order chi connectivity index (χ0) is 18.8. The summed E-state index contributed by atoms with van der Waals surface area (Å²) in [6.07, 6.45) is 0. The number of anilines is 1. The Bertz CT molecular complexity index is 1080. The van der Waals surface area contributed by atoms with E-state index < -0.39 is 0 Å². The molecule has 2 aromatic heterocycles. The SMILES string of the molecule is Cc1noc(C)c1C(=O)Nc1cccc(-c2csc(-c3ccccc3)n2)c1. The highest BCUT2D eigenvalue weighted by Gasteiger charge is 2.17. The molecule has 4 aromatic rings.